The average molecular weight is 165 g/mol. The molecule has 1 atom stereocenters. The van der Waals surface area contributed by atoms with E-state index in [9.17, 15) is 13.2 Å². The number of halogens is 3. The molecule has 0 spiro atoms. The summed E-state index contributed by atoms with van der Waals surface area (Å²) in [6, 6.07) is 0. The van der Waals surface area contributed by atoms with E-state index in [1.165, 1.54) is 6.08 Å². The lowest BCUT2D eigenvalue weighted by molar-refractivity contribution is -0.176. The Morgan fingerprint density at radius 1 is 1.45 bits per heavy atom. The average Bonchev–Trinajstić information content (AvgIpc) is 1.86. The summed E-state index contributed by atoms with van der Waals surface area (Å²) in [6.07, 6.45) is -2.00. The lowest BCUT2D eigenvalue weighted by Crippen LogP contribution is -2.25. The van der Waals surface area contributed by atoms with Gasteiger partial charge in [-0.15, -0.1) is 0 Å². The summed E-state index contributed by atoms with van der Waals surface area (Å²) in [4.78, 5) is 0. The molecule has 1 aliphatic rings. The minimum atomic E-state index is -4.04. The molecular weight excluding hydrogens is 155 g/mol. The first-order chi connectivity index (χ1) is 5.00. The molecule has 11 heavy (non-hydrogen) atoms. The molecule has 0 amide bonds. The molecule has 0 aromatic rings. The third-order valence-corrected chi connectivity index (χ3v) is 1.91. The number of hydrogen-bond donors (Lipinski definition) is 1. The summed E-state index contributed by atoms with van der Waals surface area (Å²) in [5.74, 6) is -1.17. The highest BCUT2D eigenvalue weighted by Crippen LogP contribution is 2.35. The fraction of sp³-hybridized carbons (Fsp3) is 0.714. The fourth-order valence-electron chi connectivity index (χ4n) is 1.15. The van der Waals surface area contributed by atoms with Crippen LogP contribution in [-0.2, 0) is 0 Å². The van der Waals surface area contributed by atoms with Crippen LogP contribution in [0.3, 0.4) is 0 Å². The van der Waals surface area contributed by atoms with Crippen molar-refractivity contribution in [3.05, 3.63) is 11.8 Å². The summed E-state index contributed by atoms with van der Waals surface area (Å²) in [6.45, 7) is 0. The molecule has 0 bridgehead atoms. The van der Waals surface area contributed by atoms with Crippen LogP contribution in [0.4, 0.5) is 13.2 Å². The highest BCUT2D eigenvalue weighted by atomic mass is 19.4. The zero-order chi connectivity index (χ0) is 8.48. The molecule has 64 valence electrons. The fourth-order valence-corrected chi connectivity index (χ4v) is 1.15. The first-order valence-electron chi connectivity index (χ1n) is 3.51. The second-order valence-electron chi connectivity index (χ2n) is 2.79. The Kier molecular flexibility index (Phi) is 2.11. The van der Waals surface area contributed by atoms with Gasteiger partial charge in [-0.3, -0.25) is 0 Å². The second-order valence-corrected chi connectivity index (χ2v) is 2.79. The van der Waals surface area contributed by atoms with E-state index in [0.29, 0.717) is 12.1 Å². The number of hydrogen-bond acceptors (Lipinski definition) is 1. The van der Waals surface area contributed by atoms with E-state index in [-0.39, 0.29) is 12.8 Å². The van der Waals surface area contributed by atoms with E-state index in [4.69, 9.17) is 5.73 Å². The van der Waals surface area contributed by atoms with Crippen LogP contribution >= 0.6 is 0 Å². The van der Waals surface area contributed by atoms with Crippen LogP contribution < -0.4 is 5.73 Å². The zero-order valence-corrected chi connectivity index (χ0v) is 5.99. The van der Waals surface area contributed by atoms with E-state index in [2.05, 4.69) is 0 Å². The SMILES string of the molecule is NC1=CCC(C(F)(F)F)CC1. The van der Waals surface area contributed by atoms with Crippen molar-refractivity contribution in [2.45, 2.75) is 25.4 Å². The van der Waals surface area contributed by atoms with Crippen LogP contribution in [0.25, 0.3) is 0 Å². The first kappa shape index (κ1) is 8.43. The van der Waals surface area contributed by atoms with Gasteiger partial charge in [0.2, 0.25) is 0 Å². The zero-order valence-electron chi connectivity index (χ0n) is 5.99. The van der Waals surface area contributed by atoms with Crippen LogP contribution in [-0.4, -0.2) is 6.18 Å². The van der Waals surface area contributed by atoms with E-state index >= 15 is 0 Å². The van der Waals surface area contributed by atoms with Crippen molar-refractivity contribution in [3.63, 3.8) is 0 Å². The predicted octanol–water partition coefficient (Wildman–Crippen LogP) is 2.19. The van der Waals surface area contributed by atoms with Crippen LogP contribution in [0.1, 0.15) is 19.3 Å². The van der Waals surface area contributed by atoms with Gasteiger partial charge in [0, 0.05) is 5.70 Å². The maximum absolute atomic E-state index is 12.0. The lowest BCUT2D eigenvalue weighted by Gasteiger charge is -2.22. The van der Waals surface area contributed by atoms with Crippen molar-refractivity contribution in [3.8, 4) is 0 Å². The van der Waals surface area contributed by atoms with E-state index in [1.807, 2.05) is 0 Å². The Balaban J connectivity index is 2.54. The summed E-state index contributed by atoms with van der Waals surface area (Å²) in [5, 5.41) is 0. The van der Waals surface area contributed by atoms with Crippen molar-refractivity contribution in [1.82, 2.24) is 0 Å². The van der Waals surface area contributed by atoms with Crippen LogP contribution in [0, 0.1) is 5.92 Å². The third-order valence-electron chi connectivity index (χ3n) is 1.91. The third kappa shape index (κ3) is 2.13. The molecule has 0 aromatic heterocycles. The highest BCUT2D eigenvalue weighted by molar-refractivity contribution is 5.02. The quantitative estimate of drug-likeness (QED) is 0.585. The number of alkyl halides is 3. The monoisotopic (exact) mass is 165 g/mol. The van der Waals surface area contributed by atoms with Gasteiger partial charge >= 0.3 is 6.18 Å². The highest BCUT2D eigenvalue weighted by Gasteiger charge is 2.39. The molecule has 0 aromatic carbocycles. The molecule has 0 saturated heterocycles. The molecule has 2 N–H and O–H groups in total. The normalized spacial score (nSPS) is 26.5. The summed E-state index contributed by atoms with van der Waals surface area (Å²) >= 11 is 0. The smallest absolute Gasteiger partial charge is 0.392 e. The van der Waals surface area contributed by atoms with Gasteiger partial charge in [-0.1, -0.05) is 6.08 Å². The van der Waals surface area contributed by atoms with Crippen molar-refractivity contribution in [1.29, 1.82) is 0 Å². The summed E-state index contributed by atoms with van der Waals surface area (Å²) in [5.41, 5.74) is 5.92. The van der Waals surface area contributed by atoms with Gasteiger partial charge in [0.1, 0.15) is 0 Å². The molecule has 1 aliphatic carbocycles. The van der Waals surface area contributed by atoms with Crippen LogP contribution in [0.5, 0.6) is 0 Å². The van der Waals surface area contributed by atoms with Crippen molar-refractivity contribution in [2.75, 3.05) is 0 Å². The summed E-state index contributed by atoms with van der Waals surface area (Å²) < 4.78 is 36.0. The topological polar surface area (TPSA) is 26.0 Å². The van der Waals surface area contributed by atoms with Crippen molar-refractivity contribution >= 4 is 0 Å². The van der Waals surface area contributed by atoms with E-state index < -0.39 is 12.1 Å². The number of rotatable bonds is 0. The summed E-state index contributed by atoms with van der Waals surface area (Å²) in [7, 11) is 0. The molecule has 0 saturated carbocycles. The predicted molar refractivity (Wildman–Crippen MR) is 35.7 cm³/mol. The molecule has 0 radical (unpaired) electrons. The van der Waals surface area contributed by atoms with Gasteiger partial charge in [-0.2, -0.15) is 13.2 Å². The Morgan fingerprint density at radius 2 is 2.09 bits per heavy atom. The number of nitrogens with two attached hydrogens (primary N) is 1. The molecule has 0 heterocycles. The standard InChI is InChI=1S/C7H10F3N/c8-7(9,10)5-1-3-6(11)4-2-5/h3,5H,1-2,4,11H2. The minimum absolute atomic E-state index is 0.0509. The molecule has 1 rings (SSSR count). The molecule has 1 nitrogen and oxygen atoms in total. The first-order valence-corrected chi connectivity index (χ1v) is 3.51. The number of allylic oxidation sites excluding steroid dienone is 2. The molecule has 4 heteroatoms. The van der Waals surface area contributed by atoms with E-state index in [0.717, 1.165) is 0 Å². The minimum Gasteiger partial charge on any atom is -0.402 e. The second kappa shape index (κ2) is 2.75. The van der Waals surface area contributed by atoms with Crippen molar-refractivity contribution < 1.29 is 13.2 Å². The molecule has 0 aliphatic heterocycles. The van der Waals surface area contributed by atoms with Gasteiger partial charge < -0.3 is 5.73 Å². The maximum atomic E-state index is 12.0. The molecule has 0 fully saturated rings. The Hall–Kier alpha value is -0.670. The Labute approximate surface area is 63.1 Å². The molecular formula is C7H10F3N. The van der Waals surface area contributed by atoms with Gasteiger partial charge in [-0.05, 0) is 19.3 Å². The maximum Gasteiger partial charge on any atom is 0.392 e. The Bertz CT molecular complexity index is 171. The van der Waals surface area contributed by atoms with Gasteiger partial charge in [0.25, 0.3) is 0 Å². The van der Waals surface area contributed by atoms with Crippen LogP contribution in [0.2, 0.25) is 0 Å². The Morgan fingerprint density at radius 3 is 2.45 bits per heavy atom. The largest absolute Gasteiger partial charge is 0.402 e. The van der Waals surface area contributed by atoms with Gasteiger partial charge in [0.05, 0.1) is 5.92 Å². The van der Waals surface area contributed by atoms with Crippen molar-refractivity contribution in [2.24, 2.45) is 11.7 Å². The molecule has 1 unspecified atom stereocenters. The van der Waals surface area contributed by atoms with Gasteiger partial charge in [-0.25, -0.2) is 0 Å². The lowest BCUT2D eigenvalue weighted by atomic mass is 9.92. The van der Waals surface area contributed by atoms with Crippen LogP contribution in [0.15, 0.2) is 11.8 Å². The van der Waals surface area contributed by atoms with E-state index in [1.54, 1.807) is 0 Å². The van der Waals surface area contributed by atoms with Gasteiger partial charge in [0.15, 0.2) is 0 Å².